The number of piperidine rings is 1. The number of carbonyl (C=O) groups is 1. The Balaban J connectivity index is 1.56. The van der Waals surface area contributed by atoms with Gasteiger partial charge in [-0.3, -0.25) is 4.79 Å². The van der Waals surface area contributed by atoms with Gasteiger partial charge in [-0.05, 0) is 68.7 Å². The van der Waals surface area contributed by atoms with Crippen molar-refractivity contribution in [1.29, 1.82) is 0 Å². The maximum Gasteiger partial charge on any atom is 0.279 e. The van der Waals surface area contributed by atoms with Gasteiger partial charge in [0, 0.05) is 18.8 Å². The first-order chi connectivity index (χ1) is 12.4. The third-order valence-corrected chi connectivity index (χ3v) is 7.31. The summed E-state index contributed by atoms with van der Waals surface area (Å²) < 4.78 is 27.1. The number of anilines is 1. The van der Waals surface area contributed by atoms with Crippen LogP contribution in [0.4, 0.5) is 5.69 Å². The zero-order chi connectivity index (χ0) is 18.6. The topological polar surface area (TPSA) is 83.1 Å². The van der Waals surface area contributed by atoms with Crippen LogP contribution in [0.2, 0.25) is 0 Å². The van der Waals surface area contributed by atoms with E-state index in [1.54, 1.807) is 28.6 Å². The molecule has 0 radical (unpaired) electrons. The minimum atomic E-state index is -3.45. The molecule has 6 nitrogen and oxygen atoms in total. The van der Waals surface area contributed by atoms with Crippen LogP contribution in [0, 0.1) is 5.92 Å². The summed E-state index contributed by atoms with van der Waals surface area (Å²) in [4.78, 5) is 12.4. The standard InChI is InChI=1S/C19H29N3O3S/c1-15-5-4-12-22(14-15)26(24,25)18-10-8-17(9-11-18)21-19(23)13-20-16-6-2-3-7-16/h8-11,15-16,20H,2-7,12-14H2,1H3,(H,21,23)/p+1/t15-/m1/s1. The number of rotatable bonds is 6. The average Bonchev–Trinajstić information content (AvgIpc) is 3.14. The van der Waals surface area contributed by atoms with E-state index in [0.717, 1.165) is 12.8 Å². The van der Waals surface area contributed by atoms with E-state index >= 15 is 0 Å². The number of nitrogens with one attached hydrogen (secondary N) is 1. The zero-order valence-electron chi connectivity index (χ0n) is 15.5. The quantitative estimate of drug-likeness (QED) is 0.785. The molecule has 3 rings (SSSR count). The van der Waals surface area contributed by atoms with Gasteiger partial charge in [0.15, 0.2) is 6.54 Å². The minimum Gasteiger partial charge on any atom is -0.336 e. The molecule has 0 bridgehead atoms. The highest BCUT2D eigenvalue weighted by atomic mass is 32.2. The van der Waals surface area contributed by atoms with Gasteiger partial charge in [0.05, 0.1) is 10.9 Å². The molecule has 1 atom stereocenters. The molecule has 3 N–H and O–H groups in total. The molecule has 2 aliphatic rings. The summed E-state index contributed by atoms with van der Waals surface area (Å²) in [5.74, 6) is 0.352. The maximum atomic E-state index is 12.7. The van der Waals surface area contributed by atoms with E-state index in [0.29, 0.717) is 42.2 Å². The Bertz CT molecular complexity index is 712. The summed E-state index contributed by atoms with van der Waals surface area (Å²) in [5, 5.41) is 4.96. The molecule has 1 amide bonds. The van der Waals surface area contributed by atoms with Crippen molar-refractivity contribution in [2.75, 3.05) is 25.0 Å². The summed E-state index contributed by atoms with van der Waals surface area (Å²) in [6, 6.07) is 7.09. The van der Waals surface area contributed by atoms with Crippen LogP contribution in [0.15, 0.2) is 29.2 Å². The first-order valence-electron chi connectivity index (χ1n) is 9.68. The van der Waals surface area contributed by atoms with Crippen molar-refractivity contribution in [3.8, 4) is 0 Å². The molecule has 2 fully saturated rings. The molecule has 1 aliphatic carbocycles. The lowest BCUT2D eigenvalue weighted by atomic mass is 10.0. The second-order valence-electron chi connectivity index (χ2n) is 7.67. The van der Waals surface area contributed by atoms with E-state index in [9.17, 15) is 13.2 Å². The fourth-order valence-electron chi connectivity index (χ4n) is 3.90. The SMILES string of the molecule is C[C@@H]1CCCN(S(=O)(=O)c2ccc(NC(=O)C[NH2+]C3CCCC3)cc2)C1. The van der Waals surface area contributed by atoms with Crippen LogP contribution in [0.25, 0.3) is 0 Å². The largest absolute Gasteiger partial charge is 0.336 e. The van der Waals surface area contributed by atoms with Crippen molar-refractivity contribution in [3.63, 3.8) is 0 Å². The molecule has 1 heterocycles. The summed E-state index contributed by atoms with van der Waals surface area (Å²) in [5.41, 5.74) is 0.640. The molecule has 7 heteroatoms. The van der Waals surface area contributed by atoms with Gasteiger partial charge in [0.1, 0.15) is 0 Å². The molecule has 144 valence electrons. The second-order valence-corrected chi connectivity index (χ2v) is 9.61. The fraction of sp³-hybridized carbons (Fsp3) is 0.632. The van der Waals surface area contributed by atoms with Gasteiger partial charge in [-0.2, -0.15) is 4.31 Å². The lowest BCUT2D eigenvalue weighted by Gasteiger charge is -2.30. The number of hydrogen-bond donors (Lipinski definition) is 2. The van der Waals surface area contributed by atoms with E-state index in [1.807, 2.05) is 0 Å². The molecule has 0 spiro atoms. The molecular formula is C19H30N3O3S+. The third kappa shape index (κ3) is 4.84. The Labute approximate surface area is 156 Å². The molecule has 1 saturated carbocycles. The van der Waals surface area contributed by atoms with Crippen molar-refractivity contribution in [2.45, 2.75) is 56.4 Å². The van der Waals surface area contributed by atoms with Crippen molar-refractivity contribution in [2.24, 2.45) is 5.92 Å². The molecule has 1 saturated heterocycles. The van der Waals surface area contributed by atoms with Gasteiger partial charge >= 0.3 is 0 Å². The summed E-state index contributed by atoms with van der Waals surface area (Å²) >= 11 is 0. The zero-order valence-corrected chi connectivity index (χ0v) is 16.3. The Kier molecular flexibility index (Phi) is 6.32. The van der Waals surface area contributed by atoms with E-state index in [4.69, 9.17) is 0 Å². The van der Waals surface area contributed by atoms with Gasteiger partial charge in [-0.25, -0.2) is 8.42 Å². The highest BCUT2D eigenvalue weighted by Gasteiger charge is 2.28. The first-order valence-corrected chi connectivity index (χ1v) is 11.1. The Morgan fingerprint density at radius 1 is 1.15 bits per heavy atom. The molecule has 1 aromatic rings. The Morgan fingerprint density at radius 3 is 2.50 bits per heavy atom. The van der Waals surface area contributed by atoms with E-state index in [1.165, 1.54) is 25.7 Å². The van der Waals surface area contributed by atoms with Crippen LogP contribution in [0.1, 0.15) is 45.4 Å². The molecule has 0 aromatic heterocycles. The molecule has 1 aromatic carbocycles. The smallest absolute Gasteiger partial charge is 0.279 e. The van der Waals surface area contributed by atoms with Crippen molar-refractivity contribution < 1.29 is 18.5 Å². The number of benzene rings is 1. The number of sulfonamides is 1. The predicted molar refractivity (Wildman–Crippen MR) is 101 cm³/mol. The first kappa shape index (κ1) is 19.3. The highest BCUT2D eigenvalue weighted by Crippen LogP contribution is 2.24. The number of carbonyl (C=O) groups excluding carboxylic acids is 1. The van der Waals surface area contributed by atoms with Crippen molar-refractivity contribution >= 4 is 21.6 Å². The van der Waals surface area contributed by atoms with Gasteiger partial charge in [0.25, 0.3) is 5.91 Å². The predicted octanol–water partition coefficient (Wildman–Crippen LogP) is 1.55. The number of nitrogens with zero attached hydrogens (tertiary/aromatic N) is 1. The lowest BCUT2D eigenvalue weighted by Crippen LogP contribution is -2.91. The van der Waals surface area contributed by atoms with E-state index in [-0.39, 0.29) is 5.91 Å². The van der Waals surface area contributed by atoms with E-state index in [2.05, 4.69) is 17.6 Å². The Hall–Kier alpha value is -1.44. The van der Waals surface area contributed by atoms with Crippen molar-refractivity contribution in [3.05, 3.63) is 24.3 Å². The number of quaternary nitrogens is 1. The average molecular weight is 381 g/mol. The van der Waals surface area contributed by atoms with Crippen LogP contribution in [-0.2, 0) is 14.8 Å². The molecule has 1 aliphatic heterocycles. The number of hydrogen-bond acceptors (Lipinski definition) is 3. The minimum absolute atomic E-state index is 0.0441. The van der Waals surface area contributed by atoms with E-state index < -0.39 is 10.0 Å². The number of nitrogens with two attached hydrogens (primary N) is 1. The van der Waals surface area contributed by atoms with Gasteiger partial charge in [-0.1, -0.05) is 6.92 Å². The van der Waals surface area contributed by atoms with Crippen LogP contribution in [-0.4, -0.2) is 44.3 Å². The lowest BCUT2D eigenvalue weighted by molar-refractivity contribution is -0.677. The van der Waals surface area contributed by atoms with Crippen molar-refractivity contribution in [1.82, 2.24) is 4.31 Å². The summed E-state index contributed by atoms with van der Waals surface area (Å²) in [7, 11) is -3.45. The summed E-state index contributed by atoms with van der Waals surface area (Å²) in [6.07, 6.45) is 6.88. The van der Waals surface area contributed by atoms with Crippen LogP contribution in [0.5, 0.6) is 0 Å². The van der Waals surface area contributed by atoms with Gasteiger partial charge in [0.2, 0.25) is 10.0 Å². The molecule has 0 unspecified atom stereocenters. The summed E-state index contributed by atoms with van der Waals surface area (Å²) in [6.45, 7) is 3.67. The van der Waals surface area contributed by atoms with Gasteiger partial charge in [-0.15, -0.1) is 0 Å². The second kappa shape index (κ2) is 8.50. The fourth-order valence-corrected chi connectivity index (χ4v) is 5.50. The normalized spacial score (nSPS) is 22.4. The van der Waals surface area contributed by atoms with Crippen LogP contribution < -0.4 is 10.6 Å². The molecular weight excluding hydrogens is 350 g/mol. The maximum absolute atomic E-state index is 12.7. The third-order valence-electron chi connectivity index (χ3n) is 5.43. The van der Waals surface area contributed by atoms with Gasteiger partial charge < -0.3 is 10.6 Å². The van der Waals surface area contributed by atoms with Crippen LogP contribution >= 0.6 is 0 Å². The highest BCUT2D eigenvalue weighted by molar-refractivity contribution is 7.89. The Morgan fingerprint density at radius 2 is 1.85 bits per heavy atom. The van der Waals surface area contributed by atoms with Crippen LogP contribution in [0.3, 0.4) is 0 Å². The molecule has 26 heavy (non-hydrogen) atoms. The number of amides is 1. The monoisotopic (exact) mass is 380 g/mol.